The van der Waals surface area contributed by atoms with Gasteiger partial charge in [0, 0.05) is 18.7 Å². The Hall–Kier alpha value is -5.93. The number of hydrazine groups is 1. The standard InChI is InChI=1S/C28H38N10O11/c29-25(46)24-26(38-30)33-11-17(36-24)10-31-15-3-1-14(2-4-15)9-32-18(28(48)49)5-6-20(40)37-19(8-23(44)45)27(47)34-12-21(41)35-16(13-39)7-22(42)43/h1-4,11,16,18-19,31-32,39H,5-10,12-13,30H2,(H2,29,46)(H,33,38)(H,34,47)(H,35,41)(H,37,40)(H,42,43)(H,44,45)(H,48,49). The van der Waals surface area contributed by atoms with E-state index in [0.29, 0.717) is 16.9 Å². The van der Waals surface area contributed by atoms with Crippen molar-refractivity contribution in [3.05, 3.63) is 47.4 Å². The molecule has 0 fully saturated rings. The third kappa shape index (κ3) is 14.2. The molecule has 0 saturated carbocycles. The van der Waals surface area contributed by atoms with Gasteiger partial charge in [-0.1, -0.05) is 12.1 Å². The van der Waals surface area contributed by atoms with Crippen LogP contribution in [0.2, 0.25) is 0 Å². The number of nitrogens with one attached hydrogen (secondary N) is 6. The Labute approximate surface area is 278 Å². The predicted molar refractivity (Wildman–Crippen MR) is 168 cm³/mol. The van der Waals surface area contributed by atoms with Crippen LogP contribution < -0.4 is 43.6 Å². The highest BCUT2D eigenvalue weighted by Crippen LogP contribution is 2.13. The molecule has 0 saturated heterocycles. The fourth-order valence-corrected chi connectivity index (χ4v) is 4.14. The fourth-order valence-electron chi connectivity index (χ4n) is 4.14. The van der Waals surface area contributed by atoms with Crippen molar-refractivity contribution in [3.63, 3.8) is 0 Å². The monoisotopic (exact) mass is 690 g/mol. The molecule has 0 spiro atoms. The first kappa shape index (κ1) is 39.2. The molecule has 14 N–H and O–H groups in total. The zero-order chi connectivity index (χ0) is 36.5. The average Bonchev–Trinajstić information content (AvgIpc) is 3.05. The number of aliphatic carboxylic acids is 3. The van der Waals surface area contributed by atoms with Crippen LogP contribution in [0.15, 0.2) is 30.5 Å². The lowest BCUT2D eigenvalue weighted by Gasteiger charge is -2.19. The summed E-state index contributed by atoms with van der Waals surface area (Å²) < 4.78 is 0. The minimum atomic E-state index is -1.60. The number of anilines is 2. The van der Waals surface area contributed by atoms with Gasteiger partial charge in [0.05, 0.1) is 50.5 Å². The van der Waals surface area contributed by atoms with E-state index in [1.807, 2.05) is 0 Å². The van der Waals surface area contributed by atoms with Crippen molar-refractivity contribution in [2.75, 3.05) is 23.9 Å². The summed E-state index contributed by atoms with van der Waals surface area (Å²) in [5, 5.41) is 49.2. The predicted octanol–water partition coefficient (Wildman–Crippen LogP) is -3.18. The summed E-state index contributed by atoms with van der Waals surface area (Å²) in [6, 6.07) is 2.96. The third-order valence-corrected chi connectivity index (χ3v) is 6.59. The summed E-state index contributed by atoms with van der Waals surface area (Å²) in [7, 11) is 0. The van der Waals surface area contributed by atoms with Crippen molar-refractivity contribution >= 4 is 53.0 Å². The van der Waals surface area contributed by atoms with E-state index in [0.717, 1.165) is 0 Å². The largest absolute Gasteiger partial charge is 0.481 e. The maximum absolute atomic E-state index is 12.5. The number of aromatic nitrogens is 2. The van der Waals surface area contributed by atoms with Gasteiger partial charge in [-0.2, -0.15) is 0 Å². The van der Waals surface area contributed by atoms with Gasteiger partial charge in [-0.15, -0.1) is 0 Å². The van der Waals surface area contributed by atoms with Crippen molar-refractivity contribution in [1.82, 2.24) is 31.2 Å². The van der Waals surface area contributed by atoms with Crippen LogP contribution in [-0.2, 0) is 41.9 Å². The van der Waals surface area contributed by atoms with E-state index >= 15 is 0 Å². The first-order valence-corrected chi connectivity index (χ1v) is 14.5. The van der Waals surface area contributed by atoms with Crippen molar-refractivity contribution in [2.24, 2.45) is 11.6 Å². The van der Waals surface area contributed by atoms with Gasteiger partial charge >= 0.3 is 17.9 Å². The SMILES string of the molecule is NNc1ncc(CNc2ccc(CNC(CCC(=O)NC(CC(=O)O)C(=O)NCC(=O)NC(CO)CC(=O)O)C(=O)O)cc2)nc1C(N)=O. The highest BCUT2D eigenvalue weighted by molar-refractivity contribution is 5.95. The Bertz CT molecular complexity index is 1510. The van der Waals surface area contributed by atoms with Crippen molar-refractivity contribution < 1.29 is 54.0 Å². The van der Waals surface area contributed by atoms with Crippen molar-refractivity contribution in [3.8, 4) is 0 Å². The molecule has 49 heavy (non-hydrogen) atoms. The second-order valence-electron chi connectivity index (χ2n) is 10.4. The number of nitrogens with zero attached hydrogens (tertiary/aromatic N) is 2. The molecule has 2 aromatic rings. The number of nitrogens with two attached hydrogens (primary N) is 2. The average molecular weight is 691 g/mol. The maximum Gasteiger partial charge on any atom is 0.320 e. The molecule has 1 aromatic heterocycles. The molecule has 1 aromatic carbocycles. The molecule has 0 aliphatic rings. The second kappa shape index (κ2) is 19.7. The van der Waals surface area contributed by atoms with Crippen LogP contribution in [0, 0.1) is 0 Å². The summed E-state index contributed by atoms with van der Waals surface area (Å²) >= 11 is 0. The number of hydrogen-bond donors (Lipinski definition) is 12. The van der Waals surface area contributed by atoms with Gasteiger partial charge in [0.2, 0.25) is 17.7 Å². The highest BCUT2D eigenvalue weighted by atomic mass is 16.4. The van der Waals surface area contributed by atoms with E-state index in [-0.39, 0.29) is 31.0 Å². The number of carbonyl (C=O) groups excluding carboxylic acids is 4. The second-order valence-corrected chi connectivity index (χ2v) is 10.4. The maximum atomic E-state index is 12.5. The molecular formula is C28H38N10O11. The van der Waals surface area contributed by atoms with Gasteiger partial charge in [-0.25, -0.2) is 15.8 Å². The molecule has 3 atom stereocenters. The lowest BCUT2D eigenvalue weighted by Crippen LogP contribution is -2.51. The zero-order valence-electron chi connectivity index (χ0n) is 26.0. The molecule has 21 nitrogen and oxygen atoms in total. The molecule has 0 aliphatic heterocycles. The topological polar surface area (TPSA) is 350 Å². The van der Waals surface area contributed by atoms with Gasteiger partial charge in [0.15, 0.2) is 11.5 Å². The van der Waals surface area contributed by atoms with E-state index in [1.165, 1.54) is 6.20 Å². The van der Waals surface area contributed by atoms with Crippen LogP contribution in [0.4, 0.5) is 11.5 Å². The van der Waals surface area contributed by atoms with Crippen molar-refractivity contribution in [1.29, 1.82) is 0 Å². The third-order valence-electron chi connectivity index (χ3n) is 6.59. The van der Waals surface area contributed by atoms with Crippen LogP contribution in [-0.4, -0.2) is 103 Å². The zero-order valence-corrected chi connectivity index (χ0v) is 26.0. The summed E-state index contributed by atoms with van der Waals surface area (Å²) in [4.78, 5) is 90.5. The Morgan fingerprint density at radius 2 is 1.53 bits per heavy atom. The summed E-state index contributed by atoms with van der Waals surface area (Å²) in [6.45, 7) is -1.07. The van der Waals surface area contributed by atoms with Crippen LogP contribution in [0.1, 0.15) is 47.4 Å². The van der Waals surface area contributed by atoms with Crippen LogP contribution in [0.5, 0.6) is 0 Å². The quantitative estimate of drug-likeness (QED) is 0.0428. The number of benzene rings is 1. The Morgan fingerprint density at radius 3 is 2.10 bits per heavy atom. The molecule has 266 valence electrons. The van der Waals surface area contributed by atoms with Gasteiger partial charge < -0.3 is 58.2 Å². The number of carbonyl (C=O) groups is 7. The van der Waals surface area contributed by atoms with Crippen molar-refractivity contribution in [2.45, 2.75) is 56.9 Å². The number of aliphatic hydroxyl groups is 1. The van der Waals surface area contributed by atoms with Crippen LogP contribution in [0.3, 0.4) is 0 Å². The molecule has 2 rings (SSSR count). The number of primary amides is 1. The fraction of sp³-hybridized carbons (Fsp3) is 0.393. The minimum absolute atomic E-state index is 0.0354. The van der Waals surface area contributed by atoms with Gasteiger partial charge in [0.25, 0.3) is 5.91 Å². The smallest absolute Gasteiger partial charge is 0.320 e. The summed E-state index contributed by atoms with van der Waals surface area (Å²) in [5.74, 6) is -2.16. The molecule has 21 heteroatoms. The lowest BCUT2D eigenvalue weighted by molar-refractivity contribution is -0.140. The molecule has 4 amide bonds. The summed E-state index contributed by atoms with van der Waals surface area (Å²) in [6.07, 6.45) is -0.628. The van der Waals surface area contributed by atoms with Gasteiger partial charge in [-0.3, -0.25) is 33.6 Å². The first-order valence-electron chi connectivity index (χ1n) is 14.5. The van der Waals surface area contributed by atoms with E-state index in [4.69, 9.17) is 26.9 Å². The number of carboxylic acid groups (broad SMARTS) is 3. The molecule has 0 radical (unpaired) electrons. The minimum Gasteiger partial charge on any atom is -0.481 e. The Kier molecular flexibility index (Phi) is 15.8. The number of hydrogen-bond acceptors (Lipinski definition) is 14. The number of nitrogen functional groups attached to an aromatic ring is 1. The Balaban J connectivity index is 1.87. The number of rotatable bonds is 22. The van der Waals surface area contributed by atoms with Crippen LogP contribution >= 0.6 is 0 Å². The van der Waals surface area contributed by atoms with E-state index in [2.05, 4.69) is 42.0 Å². The first-order chi connectivity index (χ1) is 23.2. The highest BCUT2D eigenvalue weighted by Gasteiger charge is 2.26. The number of aliphatic hydroxyl groups excluding tert-OH is 1. The summed E-state index contributed by atoms with van der Waals surface area (Å²) in [5.41, 5.74) is 9.20. The Morgan fingerprint density at radius 1 is 0.857 bits per heavy atom. The van der Waals surface area contributed by atoms with E-state index < -0.39 is 92.1 Å². The number of carboxylic acids is 3. The molecule has 0 aliphatic carbocycles. The van der Waals surface area contributed by atoms with E-state index in [1.54, 1.807) is 24.3 Å². The van der Waals surface area contributed by atoms with E-state index in [9.17, 15) is 38.7 Å². The molecular weight excluding hydrogens is 652 g/mol. The molecule has 3 unspecified atom stereocenters. The lowest BCUT2D eigenvalue weighted by atomic mass is 10.1. The van der Waals surface area contributed by atoms with Crippen LogP contribution in [0.25, 0.3) is 0 Å². The number of amides is 4. The molecule has 1 heterocycles. The van der Waals surface area contributed by atoms with Gasteiger partial charge in [-0.05, 0) is 24.1 Å². The molecule has 0 bridgehead atoms. The van der Waals surface area contributed by atoms with Gasteiger partial charge in [0.1, 0.15) is 12.1 Å². The normalized spacial score (nSPS) is 12.4.